The Morgan fingerprint density at radius 3 is 2.70 bits per heavy atom. The van der Waals surface area contributed by atoms with Crippen molar-refractivity contribution in [3.05, 3.63) is 94.5 Å². The average Bonchev–Trinajstić information content (AvgIpc) is 2.71. The van der Waals surface area contributed by atoms with Crippen LogP contribution in [-0.2, 0) is 13.0 Å². The molecule has 0 saturated carbocycles. The van der Waals surface area contributed by atoms with Crippen LogP contribution in [0, 0.1) is 0 Å². The molecule has 4 rings (SSSR count). The molecule has 27 heavy (non-hydrogen) atoms. The maximum Gasteiger partial charge on any atom is 0.0451 e. The highest BCUT2D eigenvalue weighted by atomic mass is 35.5. The molecule has 0 amide bonds. The van der Waals surface area contributed by atoms with Crippen molar-refractivity contribution in [2.24, 2.45) is 0 Å². The predicted molar refractivity (Wildman–Crippen MR) is 110 cm³/mol. The van der Waals surface area contributed by atoms with Crippen molar-refractivity contribution in [3.63, 3.8) is 0 Å². The summed E-state index contributed by atoms with van der Waals surface area (Å²) in [4.78, 5) is 11.6. The van der Waals surface area contributed by atoms with Crippen molar-refractivity contribution in [2.45, 2.75) is 31.7 Å². The monoisotopic (exact) mass is 377 g/mol. The highest BCUT2D eigenvalue weighted by molar-refractivity contribution is 6.31. The van der Waals surface area contributed by atoms with Crippen molar-refractivity contribution in [2.75, 3.05) is 13.1 Å². The number of likely N-dealkylation sites (tertiary alicyclic amines) is 1. The summed E-state index contributed by atoms with van der Waals surface area (Å²) in [5, 5.41) is 0.811. The van der Waals surface area contributed by atoms with Crippen LogP contribution < -0.4 is 0 Å². The summed E-state index contributed by atoms with van der Waals surface area (Å²) in [5.74, 6) is 0.492. The van der Waals surface area contributed by atoms with E-state index in [2.05, 4.69) is 46.3 Å². The van der Waals surface area contributed by atoms with Crippen LogP contribution in [0.4, 0.5) is 0 Å². The van der Waals surface area contributed by atoms with Crippen LogP contribution >= 0.6 is 11.6 Å². The number of piperidine rings is 1. The van der Waals surface area contributed by atoms with Gasteiger partial charge in [-0.1, -0.05) is 35.9 Å². The van der Waals surface area contributed by atoms with E-state index in [4.69, 9.17) is 16.6 Å². The molecule has 1 aliphatic heterocycles. The van der Waals surface area contributed by atoms with E-state index < -0.39 is 0 Å². The Hall–Kier alpha value is -2.23. The smallest absolute Gasteiger partial charge is 0.0451 e. The predicted octanol–water partition coefficient (Wildman–Crippen LogP) is 5.10. The molecule has 3 heterocycles. The third-order valence-electron chi connectivity index (χ3n) is 5.24. The first-order chi connectivity index (χ1) is 13.3. The molecule has 1 saturated heterocycles. The Bertz CT molecular complexity index is 882. The first-order valence-corrected chi connectivity index (χ1v) is 9.96. The summed E-state index contributed by atoms with van der Waals surface area (Å²) < 4.78 is 0. The molecule has 4 heteroatoms. The summed E-state index contributed by atoms with van der Waals surface area (Å²) in [5.41, 5.74) is 4.75. The van der Waals surface area contributed by atoms with Crippen LogP contribution in [0.5, 0.6) is 0 Å². The standard InChI is InChI=1S/C23H24ClN3/c24-22-8-2-1-5-19(22)15-21-7-3-9-23(26-21)20-6-4-14-27(17-20)16-18-10-12-25-13-11-18/h1-3,5,7-13,20H,4,6,14-17H2/t20-/m1/s1. The van der Waals surface area contributed by atoms with E-state index in [1.807, 2.05) is 30.6 Å². The van der Waals surface area contributed by atoms with Gasteiger partial charge in [-0.25, -0.2) is 0 Å². The summed E-state index contributed by atoms with van der Waals surface area (Å²) in [7, 11) is 0. The fourth-order valence-electron chi connectivity index (χ4n) is 3.85. The van der Waals surface area contributed by atoms with Crippen LogP contribution in [0.1, 0.15) is 41.3 Å². The van der Waals surface area contributed by atoms with Crippen molar-refractivity contribution in [1.82, 2.24) is 14.9 Å². The zero-order valence-corrected chi connectivity index (χ0v) is 16.1. The minimum Gasteiger partial charge on any atom is -0.298 e. The quantitative estimate of drug-likeness (QED) is 0.619. The molecular formula is C23H24ClN3. The van der Waals surface area contributed by atoms with E-state index in [0.717, 1.165) is 42.3 Å². The lowest BCUT2D eigenvalue weighted by atomic mass is 9.93. The summed E-state index contributed by atoms with van der Waals surface area (Å²) >= 11 is 6.32. The van der Waals surface area contributed by atoms with Crippen molar-refractivity contribution < 1.29 is 0 Å². The SMILES string of the molecule is Clc1ccccc1Cc1cccc([C@@H]2CCCN(Cc3ccncc3)C2)n1. The van der Waals surface area contributed by atoms with Crippen LogP contribution in [-0.4, -0.2) is 28.0 Å². The molecule has 1 fully saturated rings. The lowest BCUT2D eigenvalue weighted by molar-refractivity contribution is 0.198. The molecular weight excluding hydrogens is 354 g/mol. The third kappa shape index (κ3) is 4.74. The number of hydrogen-bond donors (Lipinski definition) is 0. The molecule has 3 aromatic rings. The summed E-state index contributed by atoms with van der Waals surface area (Å²) in [6, 6.07) is 18.6. The van der Waals surface area contributed by atoms with E-state index in [1.54, 1.807) is 0 Å². The normalized spacial score (nSPS) is 17.7. The Labute approximate surface area is 166 Å². The minimum atomic E-state index is 0.492. The Morgan fingerprint density at radius 1 is 1.00 bits per heavy atom. The molecule has 0 unspecified atom stereocenters. The third-order valence-corrected chi connectivity index (χ3v) is 5.61. The van der Waals surface area contributed by atoms with E-state index in [-0.39, 0.29) is 0 Å². The van der Waals surface area contributed by atoms with Gasteiger partial charge in [-0.15, -0.1) is 0 Å². The van der Waals surface area contributed by atoms with Crippen LogP contribution in [0.3, 0.4) is 0 Å². The van der Waals surface area contributed by atoms with Gasteiger partial charge in [0.2, 0.25) is 0 Å². The highest BCUT2D eigenvalue weighted by Crippen LogP contribution is 2.27. The fraction of sp³-hybridized carbons (Fsp3) is 0.304. The van der Waals surface area contributed by atoms with Gasteiger partial charge in [-0.2, -0.15) is 0 Å². The van der Waals surface area contributed by atoms with Crippen molar-refractivity contribution >= 4 is 11.6 Å². The number of halogens is 1. The largest absolute Gasteiger partial charge is 0.298 e. The second kappa shape index (κ2) is 8.64. The molecule has 1 atom stereocenters. The molecule has 3 nitrogen and oxygen atoms in total. The molecule has 2 aromatic heterocycles. The molecule has 0 N–H and O–H groups in total. The van der Waals surface area contributed by atoms with Gasteiger partial charge in [0.05, 0.1) is 0 Å². The topological polar surface area (TPSA) is 29.0 Å². The zero-order valence-electron chi connectivity index (χ0n) is 15.4. The number of nitrogens with zero attached hydrogens (tertiary/aromatic N) is 3. The lowest BCUT2D eigenvalue weighted by Crippen LogP contribution is -2.34. The van der Waals surface area contributed by atoms with Crippen molar-refractivity contribution in [3.8, 4) is 0 Å². The Kier molecular flexibility index (Phi) is 5.81. The van der Waals surface area contributed by atoms with Gasteiger partial charge in [-0.05, 0) is 60.8 Å². The first kappa shape index (κ1) is 18.1. The lowest BCUT2D eigenvalue weighted by Gasteiger charge is -2.32. The van der Waals surface area contributed by atoms with Crippen LogP contribution in [0.2, 0.25) is 5.02 Å². The van der Waals surface area contributed by atoms with Gasteiger partial charge in [0.15, 0.2) is 0 Å². The number of aromatic nitrogens is 2. The number of rotatable bonds is 5. The van der Waals surface area contributed by atoms with Crippen LogP contribution in [0.15, 0.2) is 67.0 Å². The van der Waals surface area contributed by atoms with E-state index in [0.29, 0.717) is 5.92 Å². The van der Waals surface area contributed by atoms with Gasteiger partial charge < -0.3 is 0 Å². The summed E-state index contributed by atoms with van der Waals surface area (Å²) in [6.07, 6.45) is 6.94. The molecule has 0 bridgehead atoms. The van der Waals surface area contributed by atoms with Crippen molar-refractivity contribution in [1.29, 1.82) is 0 Å². The Morgan fingerprint density at radius 2 is 1.85 bits per heavy atom. The van der Waals surface area contributed by atoms with Gasteiger partial charge in [0, 0.05) is 54.2 Å². The molecule has 0 radical (unpaired) electrons. The first-order valence-electron chi connectivity index (χ1n) is 9.58. The van der Waals surface area contributed by atoms with E-state index in [1.165, 1.54) is 24.1 Å². The maximum absolute atomic E-state index is 6.32. The molecule has 138 valence electrons. The second-order valence-electron chi connectivity index (χ2n) is 7.25. The van der Waals surface area contributed by atoms with Gasteiger partial charge in [0.1, 0.15) is 0 Å². The van der Waals surface area contributed by atoms with E-state index in [9.17, 15) is 0 Å². The fourth-order valence-corrected chi connectivity index (χ4v) is 4.05. The number of pyridine rings is 2. The van der Waals surface area contributed by atoms with Crippen LogP contribution in [0.25, 0.3) is 0 Å². The summed E-state index contributed by atoms with van der Waals surface area (Å²) in [6.45, 7) is 3.20. The molecule has 1 aromatic carbocycles. The van der Waals surface area contributed by atoms with Gasteiger partial charge in [-0.3, -0.25) is 14.9 Å². The average molecular weight is 378 g/mol. The zero-order chi connectivity index (χ0) is 18.5. The number of benzene rings is 1. The molecule has 1 aliphatic rings. The molecule has 0 aliphatic carbocycles. The highest BCUT2D eigenvalue weighted by Gasteiger charge is 2.22. The maximum atomic E-state index is 6.32. The second-order valence-corrected chi connectivity index (χ2v) is 7.66. The number of hydrogen-bond acceptors (Lipinski definition) is 3. The van der Waals surface area contributed by atoms with E-state index >= 15 is 0 Å². The van der Waals surface area contributed by atoms with Gasteiger partial charge in [0.25, 0.3) is 0 Å². The minimum absolute atomic E-state index is 0.492. The molecule has 0 spiro atoms. The Balaban J connectivity index is 1.45. The van der Waals surface area contributed by atoms with Gasteiger partial charge >= 0.3 is 0 Å².